The van der Waals surface area contributed by atoms with Gasteiger partial charge < -0.3 is 23.8 Å². The van der Waals surface area contributed by atoms with Crippen LogP contribution in [0.4, 0.5) is 0 Å². The molecular weight excluding hydrogens is 727 g/mol. The maximum absolute atomic E-state index is 12.7. The third kappa shape index (κ3) is 38.3. The first-order chi connectivity index (χ1) is 28.1. The highest BCUT2D eigenvalue weighted by Crippen LogP contribution is 2.13. The molecule has 0 aliphatic heterocycles. The van der Waals surface area contributed by atoms with Crippen molar-refractivity contribution in [2.45, 2.75) is 187 Å². The number of aliphatic carboxylic acids is 1. The van der Waals surface area contributed by atoms with Crippen LogP contribution >= 0.6 is 0 Å². The van der Waals surface area contributed by atoms with Gasteiger partial charge >= 0.3 is 17.9 Å². The van der Waals surface area contributed by atoms with Gasteiger partial charge in [-0.2, -0.15) is 0 Å². The maximum atomic E-state index is 12.7. The lowest BCUT2D eigenvalue weighted by Crippen LogP contribution is -2.50. The minimum absolute atomic E-state index is 0.0279. The summed E-state index contributed by atoms with van der Waals surface area (Å²) in [6, 6.07) is -0.630. The van der Waals surface area contributed by atoms with E-state index >= 15 is 0 Å². The number of carbonyl (C=O) groups excluding carboxylic acids is 2. The summed E-state index contributed by atoms with van der Waals surface area (Å²) in [6.45, 7) is 4.52. The van der Waals surface area contributed by atoms with Crippen LogP contribution in [-0.2, 0) is 28.6 Å². The smallest absolute Gasteiger partial charge is 0.362 e. The number of quaternary nitrogens is 1. The summed E-state index contributed by atoms with van der Waals surface area (Å²) in [6.07, 6.45) is 51.1. The Morgan fingerprint density at radius 1 is 0.534 bits per heavy atom. The molecule has 58 heavy (non-hydrogen) atoms. The number of ether oxygens (including phenoxy) is 3. The van der Waals surface area contributed by atoms with E-state index in [9.17, 15) is 19.5 Å². The number of rotatable bonds is 40. The number of carboxylic acid groups (broad SMARTS) is 1. The normalized spacial score (nSPS) is 13.6. The molecule has 8 heteroatoms. The van der Waals surface area contributed by atoms with Crippen molar-refractivity contribution in [3.8, 4) is 0 Å². The molecule has 0 radical (unpaired) electrons. The van der Waals surface area contributed by atoms with Crippen molar-refractivity contribution >= 4 is 17.9 Å². The lowest BCUT2D eigenvalue weighted by atomic mass is 10.1. The zero-order valence-corrected chi connectivity index (χ0v) is 37.7. The van der Waals surface area contributed by atoms with E-state index in [1.807, 2.05) is 33.3 Å². The molecule has 8 nitrogen and oxygen atoms in total. The van der Waals surface area contributed by atoms with Gasteiger partial charge in [0.05, 0.1) is 34.4 Å². The molecule has 2 unspecified atom stereocenters. The molecule has 2 atom stereocenters. The molecule has 0 amide bonds. The molecule has 0 rings (SSSR count). The maximum Gasteiger partial charge on any atom is 0.362 e. The van der Waals surface area contributed by atoms with Gasteiger partial charge in [-0.1, -0.05) is 157 Å². The first kappa shape index (κ1) is 54.8. The van der Waals surface area contributed by atoms with Crippen molar-refractivity contribution in [1.82, 2.24) is 0 Å². The van der Waals surface area contributed by atoms with E-state index in [2.05, 4.69) is 74.6 Å². The van der Waals surface area contributed by atoms with Crippen LogP contribution in [0.25, 0.3) is 0 Å². The van der Waals surface area contributed by atoms with E-state index in [0.29, 0.717) is 19.3 Å². The summed E-state index contributed by atoms with van der Waals surface area (Å²) in [5.74, 6) is -1.58. The lowest BCUT2D eigenvalue weighted by molar-refractivity contribution is -0.887. The van der Waals surface area contributed by atoms with E-state index in [0.717, 1.165) is 51.4 Å². The van der Waals surface area contributed by atoms with Gasteiger partial charge in [-0.25, -0.2) is 4.79 Å². The van der Waals surface area contributed by atoms with Crippen molar-refractivity contribution < 1.29 is 38.2 Å². The Kier molecular flexibility index (Phi) is 38.3. The summed E-state index contributed by atoms with van der Waals surface area (Å²) >= 11 is 0. The molecule has 0 aliphatic rings. The van der Waals surface area contributed by atoms with Gasteiger partial charge in [0.1, 0.15) is 6.61 Å². The Hall–Kier alpha value is -3.23. The summed E-state index contributed by atoms with van der Waals surface area (Å²) in [7, 11) is 5.49. The molecule has 0 aromatic carbocycles. The fourth-order valence-electron chi connectivity index (χ4n) is 6.31. The van der Waals surface area contributed by atoms with Crippen LogP contribution in [0, 0.1) is 0 Å². The fraction of sp³-hybridized carbons (Fsp3) is 0.700. The Labute approximate surface area is 355 Å². The van der Waals surface area contributed by atoms with Gasteiger partial charge in [-0.3, -0.25) is 9.59 Å². The molecule has 1 N–H and O–H groups in total. The van der Waals surface area contributed by atoms with E-state index in [-0.39, 0.29) is 42.7 Å². The van der Waals surface area contributed by atoms with Gasteiger partial charge in [0, 0.05) is 19.3 Å². The number of unbranched alkanes of at least 4 members (excludes halogenated alkanes) is 14. The molecule has 0 spiro atoms. The van der Waals surface area contributed by atoms with Crippen molar-refractivity contribution in [2.75, 3.05) is 41.0 Å². The molecule has 0 saturated heterocycles. The van der Waals surface area contributed by atoms with E-state index in [4.69, 9.17) is 14.2 Å². The number of carboxylic acids is 1. The predicted molar refractivity (Wildman–Crippen MR) is 243 cm³/mol. The number of esters is 2. The minimum atomic E-state index is -0.889. The molecular formula is C50H86NO7+. The summed E-state index contributed by atoms with van der Waals surface area (Å²) in [5, 5.41) is 9.62. The number of hydrogen-bond donors (Lipinski definition) is 1. The highest BCUT2D eigenvalue weighted by atomic mass is 16.6. The third-order valence-corrected chi connectivity index (χ3v) is 9.85. The van der Waals surface area contributed by atoms with Gasteiger partial charge in [0.2, 0.25) is 0 Å². The SMILES string of the molecule is CC/C=C\C/C=C\C/C=C\C/C=C\CCC(=O)OC(COCCC(C(=O)O)[N+](C)(C)C)COC(=O)CCCCCCCCCCC/C=C\C/C=C\CCCCCCC. The summed E-state index contributed by atoms with van der Waals surface area (Å²) in [5.41, 5.74) is 0. The molecule has 332 valence electrons. The number of likely N-dealkylation sites (N-methyl/N-ethyl adjacent to an activating group) is 1. The van der Waals surface area contributed by atoms with E-state index < -0.39 is 18.1 Å². The van der Waals surface area contributed by atoms with Crippen LogP contribution in [0.5, 0.6) is 0 Å². The van der Waals surface area contributed by atoms with Crippen LogP contribution in [0.15, 0.2) is 72.9 Å². The van der Waals surface area contributed by atoms with Gasteiger partial charge in [0.15, 0.2) is 12.1 Å². The summed E-state index contributed by atoms with van der Waals surface area (Å²) < 4.78 is 17.2. The average Bonchev–Trinajstić information content (AvgIpc) is 3.18. The fourth-order valence-corrected chi connectivity index (χ4v) is 6.31. The van der Waals surface area contributed by atoms with E-state index in [1.165, 1.54) is 83.5 Å². The second-order valence-electron chi connectivity index (χ2n) is 16.3. The van der Waals surface area contributed by atoms with Crippen LogP contribution in [0.1, 0.15) is 174 Å². The van der Waals surface area contributed by atoms with Gasteiger partial charge in [-0.15, -0.1) is 0 Å². The van der Waals surface area contributed by atoms with Crippen molar-refractivity contribution in [2.24, 2.45) is 0 Å². The second kappa shape index (κ2) is 40.5. The van der Waals surface area contributed by atoms with Gasteiger partial charge in [0.25, 0.3) is 0 Å². The van der Waals surface area contributed by atoms with Crippen molar-refractivity contribution in [3.63, 3.8) is 0 Å². The second-order valence-corrected chi connectivity index (χ2v) is 16.3. The van der Waals surface area contributed by atoms with Crippen LogP contribution in [-0.4, -0.2) is 80.6 Å². The van der Waals surface area contributed by atoms with Crippen LogP contribution < -0.4 is 0 Å². The Morgan fingerprint density at radius 2 is 1.00 bits per heavy atom. The minimum Gasteiger partial charge on any atom is -0.477 e. The van der Waals surface area contributed by atoms with E-state index in [1.54, 1.807) is 0 Å². The zero-order valence-electron chi connectivity index (χ0n) is 37.7. The largest absolute Gasteiger partial charge is 0.477 e. The quantitative estimate of drug-likeness (QED) is 0.0285. The van der Waals surface area contributed by atoms with Crippen molar-refractivity contribution in [1.29, 1.82) is 0 Å². The molecule has 0 saturated carbocycles. The Morgan fingerprint density at radius 3 is 1.50 bits per heavy atom. The standard InChI is InChI=1S/C50H85NO7/c1-6-8-10-12-14-16-18-20-21-22-23-24-25-26-27-29-30-32-34-36-38-40-48(52)57-45-46(44-56-43-42-47(50(54)55)51(3,4)5)58-49(53)41-39-37-35-33-31-28-19-17-15-13-11-9-7-2/h9,11,15,17-18,20,22-23,28,31,35,37,46-47H,6-8,10,12-14,16,19,21,24-27,29-30,32-34,36,38-45H2,1-5H3/p+1/b11-9-,17-15-,20-18-,23-22-,31-28-,37-35-. The summed E-state index contributed by atoms with van der Waals surface area (Å²) in [4.78, 5) is 36.9. The average molecular weight is 813 g/mol. The molecule has 0 bridgehead atoms. The van der Waals surface area contributed by atoms with Crippen LogP contribution in [0.3, 0.4) is 0 Å². The molecule has 0 aromatic heterocycles. The third-order valence-electron chi connectivity index (χ3n) is 9.85. The molecule has 0 aromatic rings. The van der Waals surface area contributed by atoms with Crippen molar-refractivity contribution in [3.05, 3.63) is 72.9 Å². The Balaban J connectivity index is 4.35. The number of hydrogen-bond acceptors (Lipinski definition) is 6. The predicted octanol–water partition coefficient (Wildman–Crippen LogP) is 12.7. The Bertz CT molecular complexity index is 1180. The zero-order chi connectivity index (χ0) is 42.8. The monoisotopic (exact) mass is 813 g/mol. The van der Waals surface area contributed by atoms with Gasteiger partial charge in [-0.05, 0) is 70.6 Å². The van der Waals surface area contributed by atoms with Crippen LogP contribution in [0.2, 0.25) is 0 Å². The highest BCUT2D eigenvalue weighted by Gasteiger charge is 2.31. The molecule has 0 aliphatic carbocycles. The number of allylic oxidation sites excluding steroid dienone is 12. The first-order valence-corrected chi connectivity index (χ1v) is 23.0. The number of carbonyl (C=O) groups is 3. The molecule has 0 fully saturated rings. The lowest BCUT2D eigenvalue weighted by Gasteiger charge is -2.31. The first-order valence-electron chi connectivity index (χ1n) is 23.0. The topological polar surface area (TPSA) is 99.1 Å². The highest BCUT2D eigenvalue weighted by molar-refractivity contribution is 5.72. The molecule has 0 heterocycles. The number of nitrogens with zero attached hydrogens (tertiary/aromatic N) is 1.